The summed E-state index contributed by atoms with van der Waals surface area (Å²) in [5.74, 6) is 2.12. The van der Waals surface area contributed by atoms with Crippen molar-refractivity contribution >= 4 is 27.0 Å². The van der Waals surface area contributed by atoms with E-state index in [0.29, 0.717) is 19.3 Å². The van der Waals surface area contributed by atoms with E-state index in [9.17, 15) is 8.42 Å². The van der Waals surface area contributed by atoms with E-state index in [1.807, 2.05) is 0 Å². The van der Waals surface area contributed by atoms with Crippen molar-refractivity contribution in [3.63, 3.8) is 0 Å². The van der Waals surface area contributed by atoms with Crippen LogP contribution in [-0.4, -0.2) is 56.3 Å². The van der Waals surface area contributed by atoms with Crippen molar-refractivity contribution in [1.82, 2.24) is 9.21 Å². The molecule has 0 unspecified atom stereocenters. The molecule has 144 valence electrons. The summed E-state index contributed by atoms with van der Waals surface area (Å²) in [6.07, 6.45) is 5.37. The molecule has 0 amide bonds. The number of halogens is 1. The van der Waals surface area contributed by atoms with Crippen molar-refractivity contribution in [1.29, 1.82) is 0 Å². The average molecular weight is 445 g/mol. The molecule has 3 atom stereocenters. The first-order valence-electron chi connectivity index (χ1n) is 9.14. The Morgan fingerprint density at radius 1 is 1.15 bits per heavy atom. The van der Waals surface area contributed by atoms with Crippen molar-refractivity contribution in [3.8, 4) is 11.5 Å². The monoisotopic (exact) mass is 444 g/mol. The quantitative estimate of drug-likeness (QED) is 0.664. The third-order valence-electron chi connectivity index (χ3n) is 6.33. The summed E-state index contributed by atoms with van der Waals surface area (Å²) in [7, 11) is -3.15. The van der Waals surface area contributed by atoms with Gasteiger partial charge in [-0.3, -0.25) is 4.90 Å². The van der Waals surface area contributed by atoms with Gasteiger partial charge in [0.05, 0.1) is 6.26 Å². The Kier molecular flexibility index (Phi) is 4.74. The molecule has 0 N–H and O–H groups in total. The molecule has 2 saturated heterocycles. The van der Waals surface area contributed by atoms with Gasteiger partial charge in [0, 0.05) is 31.7 Å². The minimum Gasteiger partial charge on any atom is -0.454 e. The van der Waals surface area contributed by atoms with Gasteiger partial charge in [0.15, 0.2) is 11.5 Å². The third-order valence-corrected chi connectivity index (χ3v) is 7.64. The lowest BCUT2D eigenvalue weighted by molar-refractivity contribution is 0.0222. The lowest BCUT2D eigenvalue weighted by Crippen LogP contribution is -2.57. The molecule has 4 aliphatic rings. The Morgan fingerprint density at radius 3 is 2.69 bits per heavy atom. The number of nitrogens with zero attached hydrogens (tertiary/aromatic N) is 2. The van der Waals surface area contributed by atoms with Crippen LogP contribution in [0.3, 0.4) is 0 Å². The number of fused-ring (bicyclic) bond motifs is 5. The molecular formula is C18H25BrN2O4S. The van der Waals surface area contributed by atoms with Crippen molar-refractivity contribution in [3.05, 3.63) is 23.3 Å². The largest absolute Gasteiger partial charge is 0.454 e. The van der Waals surface area contributed by atoms with Crippen LogP contribution in [0.25, 0.3) is 0 Å². The van der Waals surface area contributed by atoms with Gasteiger partial charge in [0.1, 0.15) is 0 Å². The second-order valence-electron chi connectivity index (χ2n) is 7.74. The Morgan fingerprint density at radius 2 is 1.92 bits per heavy atom. The zero-order valence-corrected chi connectivity index (χ0v) is 17.4. The second-order valence-corrected chi connectivity index (χ2v) is 9.68. The summed E-state index contributed by atoms with van der Waals surface area (Å²) in [4.78, 5) is 2.55. The molecule has 6 nitrogen and oxygen atoms in total. The molecule has 0 aliphatic carbocycles. The van der Waals surface area contributed by atoms with Crippen molar-refractivity contribution < 1.29 is 17.9 Å². The average Bonchev–Trinajstić information content (AvgIpc) is 3.04. The second kappa shape index (κ2) is 6.65. The predicted molar refractivity (Wildman–Crippen MR) is 104 cm³/mol. The highest BCUT2D eigenvalue weighted by Crippen LogP contribution is 2.46. The zero-order chi connectivity index (χ0) is 17.2. The van der Waals surface area contributed by atoms with Gasteiger partial charge in [-0.15, -0.1) is 17.0 Å². The van der Waals surface area contributed by atoms with E-state index in [4.69, 9.17) is 9.47 Å². The van der Waals surface area contributed by atoms with E-state index >= 15 is 0 Å². The first kappa shape index (κ1) is 18.5. The molecule has 0 aromatic heterocycles. The number of hydrogen-bond donors (Lipinski definition) is 0. The molecule has 1 aromatic carbocycles. The molecule has 26 heavy (non-hydrogen) atoms. The van der Waals surface area contributed by atoms with Gasteiger partial charge in [0.2, 0.25) is 16.8 Å². The smallest absolute Gasteiger partial charge is 0.231 e. The van der Waals surface area contributed by atoms with Gasteiger partial charge in [-0.25, -0.2) is 8.42 Å². The van der Waals surface area contributed by atoms with Crippen molar-refractivity contribution in [2.24, 2.45) is 5.92 Å². The lowest BCUT2D eigenvalue weighted by Gasteiger charge is -2.51. The van der Waals surface area contributed by atoms with Crippen LogP contribution < -0.4 is 9.47 Å². The van der Waals surface area contributed by atoms with Gasteiger partial charge < -0.3 is 9.47 Å². The van der Waals surface area contributed by atoms with E-state index in [2.05, 4.69) is 17.0 Å². The molecule has 1 aromatic rings. The maximum Gasteiger partial charge on any atom is 0.231 e. The summed E-state index contributed by atoms with van der Waals surface area (Å²) < 4.78 is 37.4. The molecule has 4 aliphatic heterocycles. The number of sulfonamides is 1. The summed E-state index contributed by atoms with van der Waals surface area (Å²) in [5.41, 5.74) is 2.62. The van der Waals surface area contributed by atoms with Crippen molar-refractivity contribution in [2.45, 2.75) is 37.8 Å². The van der Waals surface area contributed by atoms with Crippen LogP contribution in [0.2, 0.25) is 0 Å². The standard InChI is InChI=1S/C18H24N2O4S.BrH/c1-25(21,22)20-5-2-3-13-10-19-6-4-12-7-17-18(24-11-23-17)8-14(12)16(19)9-15(13)20;/h7-8,13,15-16H,2-6,9-11H2,1H3;1H/t13-,15+,16+;/m1./s1. The molecule has 4 heterocycles. The van der Waals surface area contributed by atoms with E-state index in [1.165, 1.54) is 17.4 Å². The number of hydrogen-bond acceptors (Lipinski definition) is 5. The predicted octanol–water partition coefficient (Wildman–Crippen LogP) is 2.34. The Hall–Kier alpha value is -0.830. The van der Waals surface area contributed by atoms with Gasteiger partial charge in [-0.05, 0) is 54.9 Å². The lowest BCUT2D eigenvalue weighted by atomic mass is 9.77. The molecule has 0 saturated carbocycles. The number of benzene rings is 1. The van der Waals surface area contributed by atoms with E-state index < -0.39 is 10.0 Å². The number of ether oxygens (including phenoxy) is 2. The Balaban J connectivity index is 0.00000168. The van der Waals surface area contributed by atoms with Crippen LogP contribution in [0.1, 0.15) is 36.4 Å². The normalized spacial score (nSPS) is 30.7. The topological polar surface area (TPSA) is 59.1 Å². The zero-order valence-electron chi connectivity index (χ0n) is 14.9. The van der Waals surface area contributed by atoms with Crippen LogP contribution in [0.5, 0.6) is 11.5 Å². The molecular weight excluding hydrogens is 420 g/mol. The number of rotatable bonds is 1. The van der Waals surface area contributed by atoms with Gasteiger partial charge in [-0.2, -0.15) is 4.31 Å². The van der Waals surface area contributed by atoms with Gasteiger partial charge in [0.25, 0.3) is 0 Å². The summed E-state index contributed by atoms with van der Waals surface area (Å²) >= 11 is 0. The third kappa shape index (κ3) is 2.95. The maximum atomic E-state index is 12.3. The summed E-state index contributed by atoms with van der Waals surface area (Å²) in [6, 6.07) is 4.65. The van der Waals surface area contributed by atoms with Crippen molar-refractivity contribution in [2.75, 3.05) is 32.7 Å². The summed E-state index contributed by atoms with van der Waals surface area (Å²) in [5, 5.41) is 0. The fraction of sp³-hybridized carbons (Fsp3) is 0.667. The maximum absolute atomic E-state index is 12.3. The molecule has 8 heteroatoms. The Bertz CT molecular complexity index is 816. The highest BCUT2D eigenvalue weighted by molar-refractivity contribution is 8.93. The van der Waals surface area contributed by atoms with Gasteiger partial charge >= 0.3 is 0 Å². The fourth-order valence-electron chi connectivity index (χ4n) is 5.21. The number of piperidine rings is 2. The SMILES string of the molecule is Br.CS(=O)(=O)N1CCC[C@@H]2CN3CCc4cc5c(cc4[C@@H]3C[C@@H]21)OCO5. The minimum absolute atomic E-state index is 0. The minimum atomic E-state index is -3.15. The highest BCUT2D eigenvalue weighted by Gasteiger charge is 2.45. The first-order chi connectivity index (χ1) is 12.0. The molecule has 0 spiro atoms. The molecule has 2 fully saturated rings. The molecule has 0 bridgehead atoms. The molecule has 5 rings (SSSR count). The highest BCUT2D eigenvalue weighted by atomic mass is 79.9. The van der Waals surface area contributed by atoms with Crippen LogP contribution in [-0.2, 0) is 16.4 Å². The van der Waals surface area contributed by atoms with E-state index in [0.717, 1.165) is 50.3 Å². The molecule has 0 radical (unpaired) electrons. The van der Waals surface area contributed by atoms with Crippen LogP contribution >= 0.6 is 17.0 Å². The fourth-order valence-corrected chi connectivity index (χ4v) is 6.42. The van der Waals surface area contributed by atoms with Gasteiger partial charge in [-0.1, -0.05) is 0 Å². The van der Waals surface area contributed by atoms with Crippen LogP contribution in [0.15, 0.2) is 12.1 Å². The summed E-state index contributed by atoms with van der Waals surface area (Å²) in [6.45, 7) is 2.99. The van der Waals surface area contributed by atoms with E-state index in [1.54, 1.807) is 4.31 Å². The Labute approximate surface area is 165 Å². The van der Waals surface area contributed by atoms with Crippen LogP contribution in [0, 0.1) is 5.92 Å². The van der Waals surface area contributed by atoms with Crippen LogP contribution in [0.4, 0.5) is 0 Å². The van der Waals surface area contributed by atoms with E-state index in [-0.39, 0.29) is 29.1 Å². The first-order valence-corrected chi connectivity index (χ1v) is 11.0.